The van der Waals surface area contributed by atoms with E-state index in [0.29, 0.717) is 0 Å². The summed E-state index contributed by atoms with van der Waals surface area (Å²) in [6.07, 6.45) is -5.39. The fourth-order valence-electron chi connectivity index (χ4n) is 3.21. The zero-order chi connectivity index (χ0) is 24.6. The number of nitrogens with zero attached hydrogens (tertiary/aromatic N) is 1. The number of carbonyl (C=O) groups excluding carboxylic acids is 1. The van der Waals surface area contributed by atoms with E-state index in [4.69, 9.17) is 39.6 Å². The fourth-order valence-corrected chi connectivity index (χ4v) is 3.86. The summed E-state index contributed by atoms with van der Waals surface area (Å²) < 4.78 is 56.2. The third-order valence-corrected chi connectivity index (χ3v) is 5.75. The number of rotatable bonds is 6. The van der Waals surface area contributed by atoms with E-state index in [9.17, 15) is 22.4 Å². The maximum absolute atomic E-state index is 14.2. The van der Waals surface area contributed by atoms with E-state index in [2.05, 4.69) is 16.0 Å². The molecule has 0 spiro atoms. The Morgan fingerprint density at radius 1 is 1.15 bits per heavy atom. The maximum Gasteiger partial charge on any atom is 0.435 e. The van der Waals surface area contributed by atoms with Crippen molar-refractivity contribution >= 4 is 52.1 Å². The topological polar surface area (TPSA) is 62.7 Å². The summed E-state index contributed by atoms with van der Waals surface area (Å²) in [6, 6.07) is 5.96. The minimum absolute atomic E-state index is 0.0443. The van der Waals surface area contributed by atoms with Crippen LogP contribution in [-0.4, -0.2) is 17.8 Å². The van der Waals surface area contributed by atoms with Crippen molar-refractivity contribution in [2.45, 2.75) is 38.5 Å². The molecule has 1 amide bonds. The first-order valence-corrected chi connectivity index (χ1v) is 10.8. The minimum Gasteiger partial charge on any atom is -0.374 e. The van der Waals surface area contributed by atoms with Crippen molar-refractivity contribution in [1.29, 1.82) is 0 Å². The van der Waals surface area contributed by atoms with Gasteiger partial charge in [0.2, 0.25) is 5.91 Å². The number of amides is 1. The van der Waals surface area contributed by atoms with Crippen molar-refractivity contribution in [2.75, 3.05) is 5.43 Å². The van der Waals surface area contributed by atoms with Crippen LogP contribution >= 0.6 is 34.8 Å². The molecule has 1 aliphatic heterocycles. The van der Waals surface area contributed by atoms with Crippen molar-refractivity contribution in [3.63, 3.8) is 0 Å². The standard InChI is InChI=1S/C21H18Cl3F4N3O2/c1-10(2)5-18(32)30-29-16-6-11(3-4-13(16)22)17-9-20(33-31-17,21(26,27)28)12-7-14(23)19(25)15(24)8-12/h3-4,6-8,10,29H,5,9H2,1-2H3,(H,30,32)/t20-/m1/s1. The van der Waals surface area contributed by atoms with Gasteiger partial charge in [-0.05, 0) is 30.2 Å². The number of oxime groups is 1. The Labute approximate surface area is 202 Å². The van der Waals surface area contributed by atoms with E-state index in [1.807, 2.05) is 13.8 Å². The number of benzene rings is 2. The van der Waals surface area contributed by atoms with Gasteiger partial charge in [-0.1, -0.05) is 59.9 Å². The Hall–Kier alpha value is -2.23. The van der Waals surface area contributed by atoms with E-state index in [-0.39, 0.29) is 40.2 Å². The average molecular weight is 527 g/mol. The molecule has 1 aliphatic rings. The lowest BCUT2D eigenvalue weighted by Crippen LogP contribution is -2.42. The van der Waals surface area contributed by atoms with Gasteiger partial charge >= 0.3 is 6.18 Å². The molecule has 1 heterocycles. The normalized spacial score (nSPS) is 18.2. The Morgan fingerprint density at radius 2 is 1.79 bits per heavy atom. The van der Waals surface area contributed by atoms with Crippen LogP contribution in [0.4, 0.5) is 23.2 Å². The van der Waals surface area contributed by atoms with E-state index in [1.165, 1.54) is 18.2 Å². The zero-order valence-electron chi connectivity index (χ0n) is 17.3. The molecule has 178 valence electrons. The van der Waals surface area contributed by atoms with Gasteiger partial charge in [0.05, 0.1) is 26.5 Å². The van der Waals surface area contributed by atoms with Crippen LogP contribution in [0.3, 0.4) is 0 Å². The molecule has 2 aromatic carbocycles. The van der Waals surface area contributed by atoms with Crippen LogP contribution in [0.2, 0.25) is 15.1 Å². The van der Waals surface area contributed by atoms with Crippen molar-refractivity contribution < 1.29 is 27.2 Å². The quantitative estimate of drug-likeness (QED) is 0.246. The third kappa shape index (κ3) is 5.31. The highest BCUT2D eigenvalue weighted by Gasteiger charge is 2.62. The van der Waals surface area contributed by atoms with Crippen LogP contribution in [0.1, 0.15) is 37.8 Å². The summed E-state index contributed by atoms with van der Waals surface area (Å²) in [5, 5.41) is 2.72. The maximum atomic E-state index is 14.2. The monoisotopic (exact) mass is 525 g/mol. The molecule has 2 N–H and O–H groups in total. The lowest BCUT2D eigenvalue weighted by molar-refractivity contribution is -0.275. The summed E-state index contributed by atoms with van der Waals surface area (Å²) in [5.74, 6) is -1.19. The van der Waals surface area contributed by atoms with Crippen molar-refractivity contribution in [3.05, 3.63) is 62.3 Å². The summed E-state index contributed by atoms with van der Waals surface area (Å²) in [6.45, 7) is 3.75. The highest BCUT2D eigenvalue weighted by molar-refractivity contribution is 6.35. The number of anilines is 1. The molecule has 0 saturated heterocycles. The minimum atomic E-state index is -4.93. The SMILES string of the molecule is CC(C)CC(=O)NNc1cc(C2=NO[C@](c3cc(Cl)c(F)c(Cl)c3)(C(F)(F)F)C2)ccc1Cl. The summed E-state index contributed by atoms with van der Waals surface area (Å²) in [7, 11) is 0. The fraction of sp³-hybridized carbons (Fsp3) is 0.333. The summed E-state index contributed by atoms with van der Waals surface area (Å²) in [5.41, 5.74) is 2.22. The molecule has 3 rings (SSSR count). The molecule has 0 aliphatic carbocycles. The second-order valence-corrected chi connectivity index (χ2v) is 9.07. The molecule has 33 heavy (non-hydrogen) atoms. The number of hydrazine groups is 1. The Balaban J connectivity index is 1.89. The van der Waals surface area contributed by atoms with E-state index < -0.39 is 39.6 Å². The van der Waals surface area contributed by atoms with E-state index in [0.717, 1.165) is 12.1 Å². The van der Waals surface area contributed by atoms with Gasteiger partial charge in [0.25, 0.3) is 5.60 Å². The number of halogens is 7. The first-order chi connectivity index (χ1) is 15.3. The summed E-state index contributed by atoms with van der Waals surface area (Å²) >= 11 is 17.6. The Bertz CT molecular complexity index is 1090. The number of nitrogens with one attached hydrogen (secondary N) is 2. The molecule has 5 nitrogen and oxygen atoms in total. The van der Waals surface area contributed by atoms with Crippen LogP contribution < -0.4 is 10.9 Å². The van der Waals surface area contributed by atoms with Crippen LogP contribution in [0, 0.1) is 11.7 Å². The van der Waals surface area contributed by atoms with Gasteiger partial charge in [-0.2, -0.15) is 13.2 Å². The molecule has 0 fully saturated rings. The number of alkyl halides is 3. The first-order valence-electron chi connectivity index (χ1n) is 9.65. The highest BCUT2D eigenvalue weighted by atomic mass is 35.5. The van der Waals surface area contributed by atoms with Crippen molar-refractivity contribution in [3.8, 4) is 0 Å². The molecule has 0 radical (unpaired) electrons. The average Bonchev–Trinajstić information content (AvgIpc) is 3.17. The molecule has 0 saturated carbocycles. The van der Waals surface area contributed by atoms with E-state index in [1.54, 1.807) is 0 Å². The number of hydrogen-bond acceptors (Lipinski definition) is 4. The first kappa shape index (κ1) is 25.4. The van der Waals surface area contributed by atoms with Gasteiger partial charge in [0.15, 0.2) is 5.82 Å². The predicted octanol–water partition coefficient (Wildman–Crippen LogP) is 6.86. The molecule has 1 atom stereocenters. The number of hydrogen-bond donors (Lipinski definition) is 2. The highest BCUT2D eigenvalue weighted by Crippen LogP contribution is 2.50. The van der Waals surface area contributed by atoms with Gasteiger partial charge < -0.3 is 4.84 Å². The molecular weight excluding hydrogens is 509 g/mol. The number of carbonyl (C=O) groups is 1. The van der Waals surface area contributed by atoms with Crippen LogP contribution in [-0.2, 0) is 15.2 Å². The molecule has 0 aromatic heterocycles. The van der Waals surface area contributed by atoms with Gasteiger partial charge in [-0.15, -0.1) is 0 Å². The third-order valence-electron chi connectivity index (χ3n) is 4.87. The van der Waals surface area contributed by atoms with Gasteiger partial charge in [0, 0.05) is 24.0 Å². The van der Waals surface area contributed by atoms with Gasteiger partial charge in [0.1, 0.15) is 0 Å². The molecule has 2 aromatic rings. The smallest absolute Gasteiger partial charge is 0.374 e. The van der Waals surface area contributed by atoms with Crippen LogP contribution in [0.25, 0.3) is 0 Å². The van der Waals surface area contributed by atoms with E-state index >= 15 is 0 Å². The lowest BCUT2D eigenvalue weighted by atomic mass is 9.86. The van der Waals surface area contributed by atoms with Gasteiger partial charge in [-0.3, -0.25) is 15.6 Å². The lowest BCUT2D eigenvalue weighted by Gasteiger charge is -2.29. The van der Waals surface area contributed by atoms with Crippen LogP contribution in [0.5, 0.6) is 0 Å². The van der Waals surface area contributed by atoms with Gasteiger partial charge in [-0.25, -0.2) is 4.39 Å². The molecule has 0 bridgehead atoms. The predicted molar refractivity (Wildman–Crippen MR) is 119 cm³/mol. The second kappa shape index (κ2) is 9.56. The van der Waals surface area contributed by atoms with Crippen LogP contribution in [0.15, 0.2) is 35.5 Å². The largest absolute Gasteiger partial charge is 0.435 e. The van der Waals surface area contributed by atoms with Crippen molar-refractivity contribution in [2.24, 2.45) is 11.1 Å². The Kier molecular flexibility index (Phi) is 7.36. The molecule has 0 unspecified atom stereocenters. The molecular formula is C21H18Cl3F4N3O2. The second-order valence-electron chi connectivity index (χ2n) is 7.85. The van der Waals surface area contributed by atoms with Crippen molar-refractivity contribution in [1.82, 2.24) is 5.43 Å². The Morgan fingerprint density at radius 3 is 2.36 bits per heavy atom. The summed E-state index contributed by atoms with van der Waals surface area (Å²) in [4.78, 5) is 16.8. The molecule has 12 heteroatoms. The zero-order valence-corrected chi connectivity index (χ0v) is 19.6.